The zero-order valence-electron chi connectivity index (χ0n) is 17.9. The molecule has 166 valence electrons. The van der Waals surface area contributed by atoms with Crippen LogP contribution in [0.25, 0.3) is 21.7 Å². The Balaban J connectivity index is 1.21. The number of benzene rings is 4. The van der Waals surface area contributed by atoms with Gasteiger partial charge in [0.05, 0.1) is 0 Å². The second kappa shape index (κ2) is 9.17. The van der Waals surface area contributed by atoms with Crippen LogP contribution in [0.4, 0.5) is 11.4 Å². The zero-order valence-corrected chi connectivity index (χ0v) is 18.7. The highest BCUT2D eigenvalue weighted by Crippen LogP contribution is 2.21. The van der Waals surface area contributed by atoms with Crippen molar-refractivity contribution >= 4 is 62.3 Å². The molecule has 0 spiro atoms. The van der Waals surface area contributed by atoms with Crippen LogP contribution in [0.5, 0.6) is 0 Å². The number of para-hydroxylation sites is 1. The molecule has 3 N–H and O–H groups in total. The highest BCUT2D eigenvalue weighted by atomic mass is 32.1. The number of rotatable bonds is 4. The number of furan rings is 1. The van der Waals surface area contributed by atoms with Crippen LogP contribution >= 0.6 is 12.2 Å². The average molecular weight is 466 g/mol. The highest BCUT2D eigenvalue weighted by Gasteiger charge is 2.13. The first kappa shape index (κ1) is 21.4. The Labute approximate surface area is 200 Å². The number of thiocarbonyl (C=S) groups is 1. The van der Waals surface area contributed by atoms with E-state index in [1.807, 2.05) is 60.7 Å². The molecule has 0 aliphatic rings. The largest absolute Gasteiger partial charge is 0.451 e. The summed E-state index contributed by atoms with van der Waals surface area (Å²) < 4.78 is 5.60. The topological polar surface area (TPSA) is 83.4 Å². The summed E-state index contributed by atoms with van der Waals surface area (Å²) >= 11 is 5.31. The van der Waals surface area contributed by atoms with E-state index < -0.39 is 0 Å². The van der Waals surface area contributed by atoms with Crippen molar-refractivity contribution < 1.29 is 14.0 Å². The number of nitrogens with one attached hydrogen (secondary N) is 3. The quantitative estimate of drug-likeness (QED) is 0.285. The van der Waals surface area contributed by atoms with Gasteiger partial charge in [-0.3, -0.25) is 14.9 Å². The molecule has 4 aromatic carbocycles. The zero-order chi connectivity index (χ0) is 23.5. The van der Waals surface area contributed by atoms with Gasteiger partial charge in [-0.1, -0.05) is 54.6 Å². The number of amides is 2. The third kappa shape index (κ3) is 4.51. The summed E-state index contributed by atoms with van der Waals surface area (Å²) in [7, 11) is 0. The molecule has 0 bridgehead atoms. The number of fused-ring (bicyclic) bond motifs is 2. The van der Waals surface area contributed by atoms with Crippen molar-refractivity contribution in [3.8, 4) is 0 Å². The van der Waals surface area contributed by atoms with Gasteiger partial charge in [-0.2, -0.15) is 0 Å². The van der Waals surface area contributed by atoms with Crippen LogP contribution < -0.4 is 16.0 Å². The molecular formula is C27H19N3O3S. The third-order valence-corrected chi connectivity index (χ3v) is 5.52. The smallest absolute Gasteiger partial charge is 0.291 e. The van der Waals surface area contributed by atoms with Crippen LogP contribution in [0.3, 0.4) is 0 Å². The van der Waals surface area contributed by atoms with Gasteiger partial charge in [-0.05, 0) is 65.5 Å². The molecule has 1 heterocycles. The Hall–Kier alpha value is -4.49. The summed E-state index contributed by atoms with van der Waals surface area (Å²) in [6.07, 6.45) is 0. The van der Waals surface area contributed by atoms with Crippen LogP contribution in [-0.4, -0.2) is 16.9 Å². The lowest BCUT2D eigenvalue weighted by molar-refractivity contribution is 0.0976. The fourth-order valence-corrected chi connectivity index (χ4v) is 3.89. The van der Waals surface area contributed by atoms with Crippen molar-refractivity contribution in [2.24, 2.45) is 0 Å². The molecule has 0 atom stereocenters. The first-order valence-electron chi connectivity index (χ1n) is 10.6. The average Bonchev–Trinajstić information content (AvgIpc) is 3.29. The maximum absolute atomic E-state index is 12.7. The minimum Gasteiger partial charge on any atom is -0.451 e. The Morgan fingerprint density at radius 3 is 2.09 bits per heavy atom. The van der Waals surface area contributed by atoms with Crippen molar-refractivity contribution in [3.05, 3.63) is 108 Å². The van der Waals surface area contributed by atoms with E-state index in [0.29, 0.717) is 22.5 Å². The van der Waals surface area contributed by atoms with Crippen molar-refractivity contribution in [3.63, 3.8) is 0 Å². The van der Waals surface area contributed by atoms with Crippen LogP contribution in [0.15, 0.2) is 101 Å². The summed E-state index contributed by atoms with van der Waals surface area (Å²) in [5.74, 6) is -0.389. The molecule has 0 radical (unpaired) electrons. The fourth-order valence-electron chi connectivity index (χ4n) is 3.68. The summed E-state index contributed by atoms with van der Waals surface area (Å²) in [5, 5.41) is 11.4. The molecule has 7 heteroatoms. The minimum absolute atomic E-state index is 0.178. The first-order valence-corrected chi connectivity index (χ1v) is 11.0. The van der Waals surface area contributed by atoms with Gasteiger partial charge in [-0.15, -0.1) is 0 Å². The lowest BCUT2D eigenvalue weighted by Crippen LogP contribution is -2.34. The van der Waals surface area contributed by atoms with E-state index in [0.717, 1.165) is 16.2 Å². The summed E-state index contributed by atoms with van der Waals surface area (Å²) in [6.45, 7) is 0. The maximum Gasteiger partial charge on any atom is 0.291 e. The Morgan fingerprint density at radius 1 is 0.676 bits per heavy atom. The fraction of sp³-hybridized carbons (Fsp3) is 0. The second-order valence-electron chi connectivity index (χ2n) is 7.61. The SMILES string of the molecule is O=C(Nc1ccc(NC(=S)NC(=O)c2cccc3ccccc23)cc1)c1cc2ccccc2o1. The lowest BCUT2D eigenvalue weighted by Gasteiger charge is -2.11. The molecule has 0 unspecified atom stereocenters. The molecule has 34 heavy (non-hydrogen) atoms. The van der Waals surface area contributed by atoms with Crippen molar-refractivity contribution in [2.45, 2.75) is 0 Å². The predicted molar refractivity (Wildman–Crippen MR) is 138 cm³/mol. The highest BCUT2D eigenvalue weighted by molar-refractivity contribution is 7.80. The van der Waals surface area contributed by atoms with E-state index in [9.17, 15) is 9.59 Å². The second-order valence-corrected chi connectivity index (χ2v) is 8.02. The van der Waals surface area contributed by atoms with Gasteiger partial charge >= 0.3 is 0 Å². The predicted octanol–water partition coefficient (Wildman–Crippen LogP) is 5.97. The molecule has 0 saturated carbocycles. The third-order valence-electron chi connectivity index (χ3n) is 5.31. The van der Waals surface area contributed by atoms with Crippen LogP contribution in [0.2, 0.25) is 0 Å². The van der Waals surface area contributed by atoms with Crippen molar-refractivity contribution in [1.82, 2.24) is 5.32 Å². The van der Waals surface area contributed by atoms with Crippen molar-refractivity contribution in [2.75, 3.05) is 10.6 Å². The first-order chi connectivity index (χ1) is 16.6. The molecule has 0 saturated heterocycles. The van der Waals surface area contributed by atoms with Gasteiger partial charge in [0.15, 0.2) is 10.9 Å². The van der Waals surface area contributed by atoms with E-state index in [-0.39, 0.29) is 22.7 Å². The molecule has 0 fully saturated rings. The van der Waals surface area contributed by atoms with Crippen LogP contribution in [0, 0.1) is 0 Å². The van der Waals surface area contributed by atoms with Gasteiger partial charge < -0.3 is 15.1 Å². The van der Waals surface area contributed by atoms with E-state index >= 15 is 0 Å². The molecule has 0 aliphatic carbocycles. The molecule has 5 rings (SSSR count). The van der Waals surface area contributed by atoms with Crippen molar-refractivity contribution in [1.29, 1.82) is 0 Å². The van der Waals surface area contributed by atoms with E-state index in [2.05, 4.69) is 16.0 Å². The maximum atomic E-state index is 12.7. The van der Waals surface area contributed by atoms with Gasteiger partial charge in [0.25, 0.3) is 11.8 Å². The molecule has 5 aromatic rings. The molecular weight excluding hydrogens is 446 g/mol. The summed E-state index contributed by atoms with van der Waals surface area (Å²) in [4.78, 5) is 25.2. The molecule has 1 aromatic heterocycles. The van der Waals surface area contributed by atoms with Gasteiger partial charge in [0.2, 0.25) is 0 Å². The normalized spacial score (nSPS) is 10.7. The van der Waals surface area contributed by atoms with Crippen LogP contribution in [-0.2, 0) is 0 Å². The molecule has 6 nitrogen and oxygen atoms in total. The van der Waals surface area contributed by atoms with Gasteiger partial charge in [-0.25, -0.2) is 0 Å². The van der Waals surface area contributed by atoms with Gasteiger partial charge in [0.1, 0.15) is 5.58 Å². The Bertz CT molecular complexity index is 1500. The number of hydrogen-bond donors (Lipinski definition) is 3. The van der Waals surface area contributed by atoms with Gasteiger partial charge in [0, 0.05) is 22.3 Å². The number of anilines is 2. The van der Waals surface area contributed by atoms with Crippen LogP contribution in [0.1, 0.15) is 20.9 Å². The number of carbonyl (C=O) groups excluding carboxylic acids is 2. The number of hydrogen-bond acceptors (Lipinski definition) is 4. The summed E-state index contributed by atoms with van der Waals surface area (Å²) in [5.41, 5.74) is 2.48. The lowest BCUT2D eigenvalue weighted by atomic mass is 10.0. The minimum atomic E-state index is -0.338. The van der Waals surface area contributed by atoms with E-state index in [1.54, 1.807) is 36.4 Å². The number of carbonyl (C=O) groups is 2. The molecule has 0 aliphatic heterocycles. The Kier molecular flexibility index (Phi) is 5.76. The van der Waals surface area contributed by atoms with E-state index in [1.165, 1.54) is 0 Å². The Morgan fingerprint density at radius 2 is 1.32 bits per heavy atom. The standard InChI is InChI=1S/C27H19N3O3S/c31-25(22-10-5-8-17-6-1-3-9-21(17)22)30-27(34)29-20-14-12-19(13-15-20)28-26(32)24-16-18-7-2-4-11-23(18)33-24/h1-16H,(H,28,32)(H2,29,30,31,34). The van der Waals surface area contributed by atoms with E-state index in [4.69, 9.17) is 16.6 Å². The monoisotopic (exact) mass is 465 g/mol. The summed E-state index contributed by atoms with van der Waals surface area (Å²) in [6, 6.07) is 29.4. The molecule has 2 amide bonds.